The number of sulfonamides is 1. The van der Waals surface area contributed by atoms with Gasteiger partial charge in [0.15, 0.2) is 10.1 Å². The van der Waals surface area contributed by atoms with Gasteiger partial charge >= 0.3 is 18.2 Å². The number of benzene rings is 4. The summed E-state index contributed by atoms with van der Waals surface area (Å²) in [6.07, 6.45) is 6.93. The second kappa shape index (κ2) is 56.8. The molecule has 4 aromatic carbocycles. The molecule has 0 spiro atoms. The third kappa shape index (κ3) is 34.0. The van der Waals surface area contributed by atoms with Crippen LogP contribution in [0, 0.1) is 34.0 Å². The van der Waals surface area contributed by atoms with Gasteiger partial charge in [0, 0.05) is 96.4 Å². The van der Waals surface area contributed by atoms with E-state index in [0.29, 0.717) is 90.0 Å². The predicted octanol–water partition coefficient (Wildman–Crippen LogP) is 11.5. The van der Waals surface area contributed by atoms with Crippen molar-refractivity contribution >= 4 is 160 Å². The van der Waals surface area contributed by atoms with E-state index in [-0.39, 0.29) is 143 Å². The van der Waals surface area contributed by atoms with Gasteiger partial charge in [-0.3, -0.25) is 42.9 Å². The number of aromatic nitrogens is 4. The molecule has 0 radical (unpaired) electrons. The molecule has 4 saturated heterocycles. The number of hydrogen-bond acceptors (Lipinski definition) is 26. The minimum atomic E-state index is -4.32. The number of nitriles is 3. The van der Waals surface area contributed by atoms with E-state index < -0.39 is 95.4 Å². The van der Waals surface area contributed by atoms with E-state index in [1.165, 1.54) is 97.9 Å². The Labute approximate surface area is 817 Å². The van der Waals surface area contributed by atoms with Crippen LogP contribution >= 0.6 is 69.5 Å². The Morgan fingerprint density at radius 1 is 0.567 bits per heavy atom. The number of hydrogen-bond donors (Lipinski definition) is 10. The van der Waals surface area contributed by atoms with Gasteiger partial charge in [0.05, 0.1) is 85.6 Å². The Balaban J connectivity index is 0.000000851. The SMILES string of the molecule is C.C.C.CC#N.CC(C)(C)OC(=O)N1CCC[C@H]1C(=O)NCCO.CC(C)(C)OC(=O)N1CCC[C@H]1C(=O)O.CCN(CC)CC.C[C@@]1(Cc2ccc(C#N)cc2)C(=O)N(c2cc(Cl)cc(Cl)c2)c2ncc(S(=O)(=O)Cl)n21.C[C@@]1(Cc2ccc(C#N)cc2)C(=O)N(c2cc(Cl)cc(Cl)c2)c2ncc(S(=O)(=O)N3CCC[C@H]3C(=O)NCCO)n21.Cl.NCCO.O=C(NCCO)[C@@H]1CCCN1. The quantitative estimate of drug-likeness (QED) is 0.0266. The maximum absolute atomic E-state index is 14.2. The highest BCUT2D eigenvalue weighted by Gasteiger charge is 2.55. The minimum Gasteiger partial charge on any atom is -0.480 e. The molecular formula is C89H130Cl6N18O19S2. The van der Waals surface area contributed by atoms with Crippen molar-refractivity contribution in [3.63, 3.8) is 0 Å². The van der Waals surface area contributed by atoms with Crippen LogP contribution in [0.2, 0.25) is 20.1 Å². The molecule has 744 valence electrons. The number of ether oxygens (including phenoxy) is 2. The molecule has 134 heavy (non-hydrogen) atoms. The third-order valence-corrected chi connectivity index (χ3v) is 24.4. The Bertz CT molecular complexity index is 5170. The van der Waals surface area contributed by atoms with E-state index in [1.54, 1.807) is 110 Å². The van der Waals surface area contributed by atoms with Gasteiger partial charge < -0.3 is 66.9 Å². The molecule has 0 unspecified atom stereocenters. The number of aliphatic hydroxyl groups excluding tert-OH is 4. The molecule has 6 aromatic rings. The zero-order valence-electron chi connectivity index (χ0n) is 75.2. The van der Waals surface area contributed by atoms with Crippen molar-refractivity contribution in [1.29, 1.82) is 15.8 Å². The smallest absolute Gasteiger partial charge is 0.411 e. The van der Waals surface area contributed by atoms with E-state index in [4.69, 9.17) is 108 Å². The average Bonchev–Trinajstić information content (AvgIpc) is 1.47. The Morgan fingerprint density at radius 2 is 0.918 bits per heavy atom. The molecule has 6 atom stereocenters. The molecule has 45 heteroatoms. The molecule has 0 bridgehead atoms. The first-order valence-electron chi connectivity index (χ1n) is 41.9. The summed E-state index contributed by atoms with van der Waals surface area (Å²) >= 11 is 24.7. The van der Waals surface area contributed by atoms with Crippen LogP contribution in [-0.2, 0) is 81.2 Å². The average molecular weight is 2030 g/mol. The first kappa shape index (κ1) is 122. The molecule has 4 fully saturated rings. The largest absolute Gasteiger partial charge is 0.480 e. The number of aliphatic hydroxyl groups is 4. The number of carboxylic acids is 1. The fourth-order valence-electron chi connectivity index (χ4n) is 14.4. The van der Waals surface area contributed by atoms with Gasteiger partial charge in [0.2, 0.25) is 29.6 Å². The molecule has 2 aromatic heterocycles. The van der Waals surface area contributed by atoms with Gasteiger partial charge in [-0.15, -0.1) is 12.4 Å². The maximum atomic E-state index is 14.2. The van der Waals surface area contributed by atoms with Crippen molar-refractivity contribution in [2.75, 3.05) is 108 Å². The predicted molar refractivity (Wildman–Crippen MR) is 518 cm³/mol. The first-order chi connectivity index (χ1) is 61.2. The second-order valence-electron chi connectivity index (χ2n) is 32.3. The maximum Gasteiger partial charge on any atom is 0.411 e. The molecule has 8 heterocycles. The van der Waals surface area contributed by atoms with Crippen molar-refractivity contribution < 1.29 is 90.2 Å². The topological polar surface area (TPSA) is 525 Å². The highest BCUT2D eigenvalue weighted by molar-refractivity contribution is 8.13. The number of nitrogens with two attached hydrogens (primary N) is 1. The number of amides is 7. The number of carbonyl (C=O) groups is 8. The Kier molecular flexibility index (Phi) is 51.9. The molecule has 7 amide bonds. The van der Waals surface area contributed by atoms with Crippen molar-refractivity contribution in [3.05, 3.63) is 140 Å². The summed E-state index contributed by atoms with van der Waals surface area (Å²) in [6.45, 7) is 28.1. The summed E-state index contributed by atoms with van der Waals surface area (Å²) in [5.74, 6) is -2.43. The summed E-state index contributed by atoms with van der Waals surface area (Å²) in [4.78, 5) is 114. The molecule has 12 rings (SSSR count). The summed E-state index contributed by atoms with van der Waals surface area (Å²) in [6, 6.07) is 26.2. The lowest BCUT2D eigenvalue weighted by Crippen LogP contribution is -2.48. The summed E-state index contributed by atoms with van der Waals surface area (Å²) in [5, 5.41) is 79.8. The Morgan fingerprint density at radius 3 is 1.25 bits per heavy atom. The van der Waals surface area contributed by atoms with Crippen LogP contribution in [0.4, 0.5) is 32.9 Å². The van der Waals surface area contributed by atoms with Gasteiger partial charge in [-0.2, -0.15) is 20.1 Å². The summed E-state index contributed by atoms with van der Waals surface area (Å²) in [5.41, 5.74) is 3.78. The fraction of sp³-hybridized carbons (Fsp3) is 0.539. The van der Waals surface area contributed by atoms with Gasteiger partial charge in [-0.25, -0.2) is 51.0 Å². The number of anilines is 4. The normalized spacial score (nSPS) is 18.4. The summed E-state index contributed by atoms with van der Waals surface area (Å²) < 4.78 is 67.0. The van der Waals surface area contributed by atoms with Gasteiger partial charge in [0.1, 0.15) is 40.4 Å². The van der Waals surface area contributed by atoms with Crippen LogP contribution in [0.3, 0.4) is 0 Å². The van der Waals surface area contributed by atoms with Crippen molar-refractivity contribution in [2.45, 2.75) is 226 Å². The number of nitrogens with one attached hydrogen (secondary N) is 4. The minimum absolute atomic E-state index is 0. The van der Waals surface area contributed by atoms with E-state index in [2.05, 4.69) is 63.0 Å². The molecule has 6 aliphatic rings. The number of carboxylic acid groups (broad SMARTS) is 1. The Hall–Kier alpha value is -9.55. The monoisotopic (exact) mass is 2030 g/mol. The number of rotatable bonds is 23. The highest BCUT2D eigenvalue weighted by atomic mass is 35.7. The molecule has 6 aliphatic heterocycles. The number of fused-ring (bicyclic) bond motifs is 2. The fourth-order valence-corrected chi connectivity index (χ4v) is 18.3. The van der Waals surface area contributed by atoms with Crippen molar-refractivity contribution in [1.82, 2.24) is 59.4 Å². The number of halogens is 6. The number of aliphatic carboxylic acids is 1. The molecule has 0 saturated carbocycles. The van der Waals surface area contributed by atoms with Gasteiger partial charge in [-0.05, 0) is 205 Å². The van der Waals surface area contributed by atoms with Crippen molar-refractivity contribution in [3.8, 4) is 18.2 Å². The zero-order chi connectivity index (χ0) is 97.4. The molecular weight excluding hydrogens is 1900 g/mol. The van der Waals surface area contributed by atoms with E-state index in [1.807, 2.05) is 6.07 Å². The van der Waals surface area contributed by atoms with Crippen LogP contribution in [0.15, 0.2) is 107 Å². The number of carbonyl (C=O) groups excluding carboxylic acids is 7. The van der Waals surface area contributed by atoms with E-state index >= 15 is 0 Å². The molecule has 11 N–H and O–H groups in total. The van der Waals surface area contributed by atoms with E-state index in [0.717, 1.165) is 48.3 Å². The first-order valence-corrected chi connectivity index (χ1v) is 47.2. The van der Waals surface area contributed by atoms with Crippen LogP contribution in [-0.4, -0.2) is 262 Å². The van der Waals surface area contributed by atoms with Crippen LogP contribution in [0.5, 0.6) is 0 Å². The summed E-state index contributed by atoms with van der Waals surface area (Å²) in [7, 11) is -2.88. The third-order valence-electron chi connectivity index (χ3n) is 20.4. The lowest BCUT2D eigenvalue weighted by atomic mass is 9.91. The van der Waals surface area contributed by atoms with E-state index in [9.17, 15) is 60.5 Å². The number of imidazole rings is 2. The van der Waals surface area contributed by atoms with Crippen LogP contribution < -0.4 is 36.8 Å². The van der Waals surface area contributed by atoms with Gasteiger partial charge in [0.25, 0.3) is 30.9 Å². The second-order valence-corrected chi connectivity index (χ2v) is 38.4. The molecule has 0 aliphatic carbocycles. The van der Waals surface area contributed by atoms with Gasteiger partial charge in [-0.1, -0.05) is 114 Å². The van der Waals surface area contributed by atoms with Crippen molar-refractivity contribution in [2.24, 2.45) is 5.73 Å². The lowest BCUT2D eigenvalue weighted by molar-refractivity contribution is -0.142. The molecule has 37 nitrogen and oxygen atoms in total. The number of nitrogens with zero attached hydrogens (tertiary/aromatic N) is 13. The zero-order valence-corrected chi connectivity index (χ0v) is 81.4. The van der Waals surface area contributed by atoms with Crippen LogP contribution in [0.25, 0.3) is 0 Å². The highest BCUT2D eigenvalue weighted by Crippen LogP contribution is 2.48. The number of likely N-dealkylation sites (tertiary alicyclic amines) is 2. The standard InChI is InChI=1S/C27H26Cl2N6O5S.C20H13Cl3N4O3S.C12H22N2O4.C10H17NO4.C7H14N2O2.C6H15N.C2H7NO.C2H3N.3CH4.ClH/c1-27(14-17-4-6-18(15-30)7-5-17)25(38)34(21-12-19(28)11-20(29)13-21)26-32-16-23(35(26)27)41(39,40)33-9-2-3-22(33)24(37)31-8-10-36;1-20(9-12-2-4-13(10-24)5-3-12)18(28)26(16-7-14(21)6-15(22)8-16)19-25-11-17(27(19)20)31(23,29)30;1-12(2,3)18-11(17)14-7-4-5-9(14)10(16)13-6-8-15;1-10(2,3)15-9(14)11-6-4-5-7(11)8(12)13;10-5-4-9-7(11)6-2-1-3-8-6;1-4-7(5-2)6-3;3-1-2-4;1-2-3;;;;/h4-7,11-13,16,22,36H,2-3,8-10,14H2,1H3,(H,31,37);2-8,11H,9H2,1H3;9,15H,4-8H2,1-3H3,(H,13,16);7H,4-6H2,1-3H3,(H,12,13);6,8,10H,1-5H2,(H,9,11);4-6H2,1-3H3;4H,1-3H2;1H3;3*1H4;1H/t22-,27+;20-;9-;7-;6-;;;;;;;/m01000......./s1. The van der Waals surface area contributed by atoms with Crippen LogP contribution in [0.1, 0.15) is 179 Å². The lowest BCUT2D eigenvalue weighted by Gasteiger charge is -2.29.